The van der Waals surface area contributed by atoms with E-state index in [-0.39, 0.29) is 18.4 Å². The largest absolute Gasteiger partial charge is 0.345 e. The van der Waals surface area contributed by atoms with Crippen LogP contribution in [0.5, 0.6) is 0 Å². The smallest absolute Gasteiger partial charge is 0.251 e. The molecular weight excluding hydrogens is 216 g/mol. The third kappa shape index (κ3) is 1.30. The number of carbonyl (C=O) groups excluding carboxylic acids is 2. The van der Waals surface area contributed by atoms with Crippen LogP contribution < -0.4 is 5.32 Å². The molecule has 0 saturated carbocycles. The molecule has 0 aliphatic carbocycles. The molecule has 4 heteroatoms. The minimum absolute atomic E-state index is 0.0194. The van der Waals surface area contributed by atoms with Crippen molar-refractivity contribution in [2.24, 2.45) is 0 Å². The number of carbonyl (C=O) groups is 2. The third-order valence-corrected chi connectivity index (χ3v) is 3.71. The summed E-state index contributed by atoms with van der Waals surface area (Å²) < 4.78 is 0. The van der Waals surface area contributed by atoms with Crippen LogP contribution in [0.25, 0.3) is 0 Å². The molecule has 4 nitrogen and oxygen atoms in total. The van der Waals surface area contributed by atoms with Gasteiger partial charge in [0.15, 0.2) is 0 Å². The number of rotatable bonds is 1. The zero-order valence-corrected chi connectivity index (χ0v) is 9.48. The highest BCUT2D eigenvalue weighted by Crippen LogP contribution is 2.40. The van der Waals surface area contributed by atoms with Gasteiger partial charge >= 0.3 is 0 Å². The Labute approximate surface area is 99.6 Å². The predicted octanol–water partition coefficient (Wildman–Crippen LogP) is 0.634. The highest BCUT2D eigenvalue weighted by Gasteiger charge is 2.53. The van der Waals surface area contributed by atoms with Gasteiger partial charge in [0.25, 0.3) is 5.91 Å². The van der Waals surface area contributed by atoms with E-state index in [9.17, 15) is 9.59 Å². The van der Waals surface area contributed by atoms with Gasteiger partial charge in [-0.15, -0.1) is 0 Å². The first-order valence-electron chi connectivity index (χ1n) is 5.89. The fraction of sp³-hybridized carbons (Fsp3) is 0.385. The van der Waals surface area contributed by atoms with Gasteiger partial charge in [-0.05, 0) is 18.4 Å². The van der Waals surface area contributed by atoms with Crippen molar-refractivity contribution in [1.82, 2.24) is 10.2 Å². The van der Waals surface area contributed by atoms with E-state index in [4.69, 9.17) is 0 Å². The van der Waals surface area contributed by atoms with E-state index in [1.54, 1.807) is 4.90 Å². The quantitative estimate of drug-likeness (QED) is 0.769. The van der Waals surface area contributed by atoms with E-state index in [0.29, 0.717) is 13.0 Å². The molecule has 0 aromatic heterocycles. The molecule has 1 N–H and O–H groups in total. The number of benzene rings is 1. The van der Waals surface area contributed by atoms with Crippen molar-refractivity contribution in [3.63, 3.8) is 0 Å². The lowest BCUT2D eigenvalue weighted by Gasteiger charge is -2.41. The second-order valence-corrected chi connectivity index (χ2v) is 4.56. The van der Waals surface area contributed by atoms with Gasteiger partial charge in [-0.1, -0.05) is 30.3 Å². The van der Waals surface area contributed by atoms with Crippen LogP contribution in [0.2, 0.25) is 0 Å². The van der Waals surface area contributed by atoms with E-state index in [2.05, 4.69) is 5.32 Å². The number of fused-ring (bicyclic) bond motifs is 1. The van der Waals surface area contributed by atoms with Gasteiger partial charge in [-0.25, -0.2) is 0 Å². The van der Waals surface area contributed by atoms with Crippen LogP contribution in [0.3, 0.4) is 0 Å². The maximum atomic E-state index is 12.2. The average molecular weight is 230 g/mol. The lowest BCUT2D eigenvalue weighted by atomic mass is 9.85. The standard InChI is InChI=1S/C13H14N2O2/c16-11-9-14-12(17)13(7-4-8-15(11)13)10-5-2-1-3-6-10/h1-3,5-6H,4,7-9H2,(H,14,17)/t13-/m1/s1. The van der Waals surface area contributed by atoms with Crippen molar-refractivity contribution in [2.75, 3.05) is 13.1 Å². The minimum Gasteiger partial charge on any atom is -0.345 e. The number of nitrogens with zero attached hydrogens (tertiary/aromatic N) is 1. The van der Waals surface area contributed by atoms with Gasteiger partial charge in [-0.3, -0.25) is 9.59 Å². The first-order valence-corrected chi connectivity index (χ1v) is 5.89. The Balaban J connectivity index is 2.14. The van der Waals surface area contributed by atoms with E-state index in [0.717, 1.165) is 12.0 Å². The number of hydrogen-bond donors (Lipinski definition) is 1. The molecule has 2 aliphatic heterocycles. The summed E-state index contributed by atoms with van der Waals surface area (Å²) >= 11 is 0. The second kappa shape index (κ2) is 3.58. The third-order valence-electron chi connectivity index (χ3n) is 3.71. The van der Waals surface area contributed by atoms with E-state index in [1.807, 2.05) is 30.3 Å². The molecule has 0 unspecified atom stereocenters. The summed E-state index contributed by atoms with van der Waals surface area (Å²) in [5.41, 5.74) is 0.166. The maximum Gasteiger partial charge on any atom is 0.251 e. The molecule has 2 amide bonds. The molecule has 3 rings (SSSR count). The summed E-state index contributed by atoms with van der Waals surface area (Å²) in [4.78, 5) is 25.9. The average Bonchev–Trinajstić information content (AvgIpc) is 2.82. The molecule has 2 saturated heterocycles. The van der Waals surface area contributed by atoms with Gasteiger partial charge < -0.3 is 10.2 Å². The van der Waals surface area contributed by atoms with E-state index >= 15 is 0 Å². The van der Waals surface area contributed by atoms with Crippen LogP contribution in [-0.4, -0.2) is 29.8 Å². The van der Waals surface area contributed by atoms with Gasteiger partial charge in [-0.2, -0.15) is 0 Å². The van der Waals surface area contributed by atoms with Crippen LogP contribution in [-0.2, 0) is 15.1 Å². The van der Waals surface area contributed by atoms with Crippen molar-refractivity contribution < 1.29 is 9.59 Å². The Morgan fingerprint density at radius 3 is 2.71 bits per heavy atom. The second-order valence-electron chi connectivity index (χ2n) is 4.56. The monoisotopic (exact) mass is 230 g/mol. The number of hydrogen-bond acceptors (Lipinski definition) is 2. The first-order chi connectivity index (χ1) is 8.25. The SMILES string of the molecule is O=C1CNC(=O)[C@]2(c3ccccc3)CCCN12. The van der Waals surface area contributed by atoms with Crippen molar-refractivity contribution in [1.29, 1.82) is 0 Å². The van der Waals surface area contributed by atoms with Crippen molar-refractivity contribution in [2.45, 2.75) is 18.4 Å². The number of nitrogens with one attached hydrogen (secondary N) is 1. The highest BCUT2D eigenvalue weighted by atomic mass is 16.2. The first kappa shape index (κ1) is 10.3. The van der Waals surface area contributed by atoms with Crippen LogP contribution in [0.4, 0.5) is 0 Å². The lowest BCUT2D eigenvalue weighted by Crippen LogP contribution is -2.62. The summed E-state index contributed by atoms with van der Waals surface area (Å²) in [6, 6.07) is 9.59. The molecule has 1 aromatic carbocycles. The predicted molar refractivity (Wildman–Crippen MR) is 62.1 cm³/mol. The van der Waals surface area contributed by atoms with Crippen LogP contribution in [0, 0.1) is 0 Å². The molecule has 2 aliphatic rings. The Hall–Kier alpha value is -1.84. The van der Waals surface area contributed by atoms with Crippen molar-refractivity contribution in [3.8, 4) is 0 Å². The van der Waals surface area contributed by atoms with E-state index < -0.39 is 5.54 Å². The molecule has 88 valence electrons. The summed E-state index contributed by atoms with van der Waals surface area (Å²) in [7, 11) is 0. The van der Waals surface area contributed by atoms with Crippen LogP contribution >= 0.6 is 0 Å². The number of amides is 2. The highest BCUT2D eigenvalue weighted by molar-refractivity contribution is 5.99. The summed E-state index contributed by atoms with van der Waals surface area (Å²) in [5.74, 6) is -0.0215. The fourth-order valence-electron chi connectivity index (χ4n) is 2.94. The molecule has 1 atom stereocenters. The Morgan fingerprint density at radius 2 is 1.94 bits per heavy atom. The van der Waals surface area contributed by atoms with Crippen LogP contribution in [0.15, 0.2) is 30.3 Å². The maximum absolute atomic E-state index is 12.2. The van der Waals surface area contributed by atoms with Gasteiger partial charge in [0.05, 0.1) is 6.54 Å². The topological polar surface area (TPSA) is 49.4 Å². The molecule has 2 fully saturated rings. The van der Waals surface area contributed by atoms with E-state index in [1.165, 1.54) is 0 Å². The van der Waals surface area contributed by atoms with Gasteiger partial charge in [0.1, 0.15) is 5.54 Å². The summed E-state index contributed by atoms with van der Waals surface area (Å²) in [6.45, 7) is 0.814. The molecule has 0 bridgehead atoms. The zero-order valence-electron chi connectivity index (χ0n) is 9.48. The summed E-state index contributed by atoms with van der Waals surface area (Å²) in [6.07, 6.45) is 1.60. The molecular formula is C13H14N2O2. The Bertz CT molecular complexity index is 472. The molecule has 1 aromatic rings. The molecule has 0 spiro atoms. The molecule has 2 heterocycles. The zero-order chi connectivity index (χ0) is 11.9. The normalized spacial score (nSPS) is 27.9. The Kier molecular flexibility index (Phi) is 2.18. The number of piperazine rings is 1. The fourth-order valence-corrected chi connectivity index (χ4v) is 2.94. The molecule has 17 heavy (non-hydrogen) atoms. The summed E-state index contributed by atoms with van der Waals surface area (Å²) in [5, 5.41) is 2.71. The van der Waals surface area contributed by atoms with Gasteiger partial charge in [0.2, 0.25) is 5.91 Å². The van der Waals surface area contributed by atoms with Crippen molar-refractivity contribution >= 4 is 11.8 Å². The Morgan fingerprint density at radius 1 is 1.18 bits per heavy atom. The molecule has 0 radical (unpaired) electrons. The van der Waals surface area contributed by atoms with Crippen LogP contribution in [0.1, 0.15) is 18.4 Å². The van der Waals surface area contributed by atoms with Crippen molar-refractivity contribution in [3.05, 3.63) is 35.9 Å². The minimum atomic E-state index is -0.753. The van der Waals surface area contributed by atoms with Gasteiger partial charge in [0, 0.05) is 6.54 Å². The lowest BCUT2D eigenvalue weighted by molar-refractivity contribution is -0.151.